The number of nitrogens with zero attached hydrogens (tertiary/aromatic N) is 1. The summed E-state index contributed by atoms with van der Waals surface area (Å²) in [6.45, 7) is 6.90. The maximum atomic E-state index is 12.2. The van der Waals surface area contributed by atoms with Crippen molar-refractivity contribution < 1.29 is 9.53 Å². The number of benzene rings is 1. The molecule has 3 heteroatoms. The SMILES string of the molecule is COC1CCN(CCC(=O)c2cc(C)cc(C)c2)C1. The molecule has 1 fully saturated rings. The Hall–Kier alpha value is -1.19. The number of likely N-dealkylation sites (tertiary alicyclic amines) is 1. The van der Waals surface area contributed by atoms with Crippen LogP contribution >= 0.6 is 0 Å². The monoisotopic (exact) mass is 261 g/mol. The van der Waals surface area contributed by atoms with Crippen molar-refractivity contribution in [3.8, 4) is 0 Å². The summed E-state index contributed by atoms with van der Waals surface area (Å²) in [7, 11) is 1.76. The van der Waals surface area contributed by atoms with E-state index in [0.717, 1.165) is 42.7 Å². The van der Waals surface area contributed by atoms with Gasteiger partial charge in [0.1, 0.15) is 0 Å². The van der Waals surface area contributed by atoms with Crippen LogP contribution in [0.5, 0.6) is 0 Å². The topological polar surface area (TPSA) is 29.5 Å². The number of hydrogen-bond acceptors (Lipinski definition) is 3. The molecule has 1 aromatic rings. The molecule has 0 N–H and O–H groups in total. The highest BCUT2D eigenvalue weighted by molar-refractivity contribution is 5.96. The number of methoxy groups -OCH3 is 1. The maximum Gasteiger partial charge on any atom is 0.164 e. The quantitative estimate of drug-likeness (QED) is 0.763. The van der Waals surface area contributed by atoms with E-state index in [0.29, 0.717) is 12.5 Å². The smallest absolute Gasteiger partial charge is 0.164 e. The molecular weight excluding hydrogens is 238 g/mol. The second-order valence-electron chi connectivity index (χ2n) is 5.50. The zero-order valence-corrected chi connectivity index (χ0v) is 12.1. The molecule has 1 atom stereocenters. The minimum Gasteiger partial charge on any atom is -0.380 e. The van der Waals surface area contributed by atoms with E-state index in [9.17, 15) is 4.79 Å². The van der Waals surface area contributed by atoms with Crippen LogP contribution in [0.15, 0.2) is 18.2 Å². The summed E-state index contributed by atoms with van der Waals surface area (Å²) in [6, 6.07) is 6.06. The summed E-state index contributed by atoms with van der Waals surface area (Å²) >= 11 is 0. The predicted octanol–water partition coefficient (Wildman–Crippen LogP) is 2.60. The van der Waals surface area contributed by atoms with Crippen LogP contribution in [-0.2, 0) is 4.74 Å². The molecule has 1 aliphatic heterocycles. The van der Waals surface area contributed by atoms with E-state index in [1.165, 1.54) is 0 Å². The van der Waals surface area contributed by atoms with Gasteiger partial charge >= 0.3 is 0 Å². The van der Waals surface area contributed by atoms with E-state index in [1.54, 1.807) is 7.11 Å². The molecule has 0 radical (unpaired) electrons. The Labute approximate surface area is 115 Å². The molecule has 1 unspecified atom stereocenters. The van der Waals surface area contributed by atoms with Gasteiger partial charge in [-0.05, 0) is 32.4 Å². The van der Waals surface area contributed by atoms with Crippen LogP contribution in [0.1, 0.15) is 34.3 Å². The maximum absolute atomic E-state index is 12.2. The van der Waals surface area contributed by atoms with E-state index in [1.807, 2.05) is 26.0 Å². The molecule has 0 aromatic heterocycles. The van der Waals surface area contributed by atoms with Gasteiger partial charge in [-0.1, -0.05) is 17.2 Å². The average molecular weight is 261 g/mol. The highest BCUT2D eigenvalue weighted by Gasteiger charge is 2.22. The van der Waals surface area contributed by atoms with Crippen LogP contribution in [0.3, 0.4) is 0 Å². The first-order valence-corrected chi connectivity index (χ1v) is 6.95. The molecule has 1 heterocycles. The Morgan fingerprint density at radius 3 is 2.58 bits per heavy atom. The van der Waals surface area contributed by atoms with Crippen LogP contribution in [0.4, 0.5) is 0 Å². The molecule has 1 aliphatic rings. The third kappa shape index (κ3) is 3.88. The van der Waals surface area contributed by atoms with Crippen LogP contribution in [0.25, 0.3) is 0 Å². The molecular formula is C16H23NO2. The zero-order valence-electron chi connectivity index (χ0n) is 12.1. The lowest BCUT2D eigenvalue weighted by Crippen LogP contribution is -2.25. The van der Waals surface area contributed by atoms with Crippen molar-refractivity contribution in [2.45, 2.75) is 32.8 Å². The number of carbonyl (C=O) groups is 1. The fraction of sp³-hybridized carbons (Fsp3) is 0.562. The number of ketones is 1. The van der Waals surface area contributed by atoms with Gasteiger partial charge in [0.15, 0.2) is 5.78 Å². The van der Waals surface area contributed by atoms with Gasteiger partial charge in [-0.3, -0.25) is 4.79 Å². The lowest BCUT2D eigenvalue weighted by atomic mass is 10.0. The normalized spacial score (nSPS) is 19.8. The van der Waals surface area contributed by atoms with Crippen LogP contribution in [0, 0.1) is 13.8 Å². The third-order valence-corrected chi connectivity index (χ3v) is 3.76. The highest BCUT2D eigenvalue weighted by Crippen LogP contribution is 2.14. The summed E-state index contributed by atoms with van der Waals surface area (Å²) in [4.78, 5) is 14.5. The number of rotatable bonds is 5. The van der Waals surface area contributed by atoms with Crippen molar-refractivity contribution in [3.63, 3.8) is 0 Å². The second-order valence-corrected chi connectivity index (χ2v) is 5.50. The van der Waals surface area contributed by atoms with E-state index in [2.05, 4.69) is 11.0 Å². The van der Waals surface area contributed by atoms with Gasteiger partial charge < -0.3 is 9.64 Å². The van der Waals surface area contributed by atoms with Crippen molar-refractivity contribution in [3.05, 3.63) is 34.9 Å². The molecule has 19 heavy (non-hydrogen) atoms. The van der Waals surface area contributed by atoms with Gasteiger partial charge in [0.05, 0.1) is 6.10 Å². The van der Waals surface area contributed by atoms with Crippen LogP contribution < -0.4 is 0 Å². The molecule has 0 aliphatic carbocycles. The summed E-state index contributed by atoms with van der Waals surface area (Å²) in [5.41, 5.74) is 3.16. The zero-order chi connectivity index (χ0) is 13.8. The van der Waals surface area contributed by atoms with Gasteiger partial charge in [-0.15, -0.1) is 0 Å². The lowest BCUT2D eigenvalue weighted by Gasteiger charge is -2.15. The summed E-state index contributed by atoms with van der Waals surface area (Å²) in [5, 5.41) is 0. The molecule has 0 saturated carbocycles. The van der Waals surface area contributed by atoms with Crippen molar-refractivity contribution in [2.75, 3.05) is 26.7 Å². The predicted molar refractivity (Wildman–Crippen MR) is 76.7 cm³/mol. The number of hydrogen-bond donors (Lipinski definition) is 0. The van der Waals surface area contributed by atoms with Crippen LogP contribution in [0.2, 0.25) is 0 Å². The molecule has 3 nitrogen and oxygen atoms in total. The first-order chi connectivity index (χ1) is 9.08. The number of ether oxygens (including phenoxy) is 1. The number of Topliss-reactive ketones (excluding diaryl/α,β-unsaturated/α-hetero) is 1. The molecule has 104 valence electrons. The third-order valence-electron chi connectivity index (χ3n) is 3.76. The van der Waals surface area contributed by atoms with Crippen LogP contribution in [-0.4, -0.2) is 43.5 Å². The van der Waals surface area contributed by atoms with E-state index in [-0.39, 0.29) is 5.78 Å². The van der Waals surface area contributed by atoms with Gasteiger partial charge in [0.2, 0.25) is 0 Å². The average Bonchev–Trinajstić information content (AvgIpc) is 2.82. The van der Waals surface area contributed by atoms with Gasteiger partial charge in [0.25, 0.3) is 0 Å². The lowest BCUT2D eigenvalue weighted by molar-refractivity contribution is 0.0943. The van der Waals surface area contributed by atoms with Gasteiger partial charge in [0, 0.05) is 38.7 Å². The number of aryl methyl sites for hydroxylation is 2. The highest BCUT2D eigenvalue weighted by atomic mass is 16.5. The Balaban J connectivity index is 1.87. The molecule has 2 rings (SSSR count). The van der Waals surface area contributed by atoms with Gasteiger partial charge in [-0.2, -0.15) is 0 Å². The molecule has 1 saturated heterocycles. The van der Waals surface area contributed by atoms with Crippen molar-refractivity contribution in [2.24, 2.45) is 0 Å². The molecule has 0 bridgehead atoms. The fourth-order valence-electron chi connectivity index (χ4n) is 2.73. The first-order valence-electron chi connectivity index (χ1n) is 6.95. The minimum absolute atomic E-state index is 0.243. The Kier molecular flexibility index (Phi) is 4.72. The molecule has 0 spiro atoms. The van der Waals surface area contributed by atoms with E-state index < -0.39 is 0 Å². The van der Waals surface area contributed by atoms with Crippen molar-refractivity contribution >= 4 is 5.78 Å². The largest absolute Gasteiger partial charge is 0.380 e. The molecule has 0 amide bonds. The molecule has 1 aromatic carbocycles. The van der Waals surface area contributed by atoms with Crippen molar-refractivity contribution in [1.82, 2.24) is 4.90 Å². The Morgan fingerprint density at radius 2 is 2.00 bits per heavy atom. The Bertz CT molecular complexity index is 436. The van der Waals surface area contributed by atoms with Gasteiger partial charge in [-0.25, -0.2) is 0 Å². The fourth-order valence-corrected chi connectivity index (χ4v) is 2.73. The Morgan fingerprint density at radius 1 is 1.32 bits per heavy atom. The second kappa shape index (κ2) is 6.31. The summed E-state index contributed by atoms with van der Waals surface area (Å²) in [5.74, 6) is 0.243. The first kappa shape index (κ1) is 14.2. The summed E-state index contributed by atoms with van der Waals surface area (Å²) in [6.07, 6.45) is 2.02. The van der Waals surface area contributed by atoms with E-state index >= 15 is 0 Å². The number of carbonyl (C=O) groups excluding carboxylic acids is 1. The van der Waals surface area contributed by atoms with E-state index in [4.69, 9.17) is 4.74 Å². The minimum atomic E-state index is 0.243. The summed E-state index contributed by atoms with van der Waals surface area (Å²) < 4.78 is 5.34. The standard InChI is InChI=1S/C16H23NO2/c1-12-8-13(2)10-14(9-12)16(18)5-7-17-6-4-15(11-17)19-3/h8-10,15H,4-7,11H2,1-3H3. The van der Waals surface area contributed by atoms with Crippen molar-refractivity contribution in [1.29, 1.82) is 0 Å².